The number of phenols is 1. The number of amides is 1. The van der Waals surface area contributed by atoms with Crippen molar-refractivity contribution >= 4 is 11.9 Å². The molecule has 0 atom stereocenters. The molecule has 1 aromatic rings. The van der Waals surface area contributed by atoms with Gasteiger partial charge in [0.05, 0.1) is 12.1 Å². The Bertz CT molecular complexity index is 451. The maximum atomic E-state index is 11.5. The number of ether oxygens (including phenoxy) is 1. The highest BCUT2D eigenvalue weighted by molar-refractivity contribution is 5.92. The third-order valence-electron chi connectivity index (χ3n) is 2.11. The number of aromatic hydroxyl groups is 1. The van der Waals surface area contributed by atoms with Crippen LogP contribution in [0.2, 0.25) is 0 Å². The summed E-state index contributed by atoms with van der Waals surface area (Å²) < 4.78 is 4.93. The molecular weight excluding hydrogens is 234 g/mol. The SMILES string of the molecule is C=C(C)C(=O)NCCOC(=O)c1ccc(O)cc1. The highest BCUT2D eigenvalue weighted by atomic mass is 16.5. The summed E-state index contributed by atoms with van der Waals surface area (Å²) in [6, 6.07) is 5.73. The van der Waals surface area contributed by atoms with Crippen molar-refractivity contribution in [2.45, 2.75) is 6.92 Å². The summed E-state index contributed by atoms with van der Waals surface area (Å²) in [5.41, 5.74) is 0.749. The van der Waals surface area contributed by atoms with Crippen molar-refractivity contribution in [3.63, 3.8) is 0 Å². The molecule has 0 unspecified atom stereocenters. The minimum absolute atomic E-state index is 0.0821. The Hall–Kier alpha value is -2.30. The van der Waals surface area contributed by atoms with E-state index in [1.807, 2.05) is 0 Å². The number of phenolic OH excluding ortho intramolecular Hbond substituents is 1. The van der Waals surface area contributed by atoms with E-state index in [9.17, 15) is 9.59 Å². The van der Waals surface area contributed by atoms with Gasteiger partial charge in [0.15, 0.2) is 0 Å². The lowest BCUT2D eigenvalue weighted by Gasteiger charge is -2.06. The van der Waals surface area contributed by atoms with Crippen molar-refractivity contribution in [2.24, 2.45) is 0 Å². The van der Waals surface area contributed by atoms with Gasteiger partial charge in [-0.2, -0.15) is 0 Å². The second-order valence-electron chi connectivity index (χ2n) is 3.72. The molecule has 0 heterocycles. The molecule has 0 aliphatic heterocycles. The first kappa shape index (κ1) is 13.8. The predicted octanol–water partition coefficient (Wildman–Crippen LogP) is 1.24. The zero-order valence-corrected chi connectivity index (χ0v) is 10.1. The Morgan fingerprint density at radius 2 is 1.94 bits per heavy atom. The fourth-order valence-corrected chi connectivity index (χ4v) is 1.14. The van der Waals surface area contributed by atoms with Crippen LogP contribution < -0.4 is 5.32 Å². The molecule has 1 rings (SSSR count). The van der Waals surface area contributed by atoms with E-state index in [0.717, 1.165) is 0 Å². The van der Waals surface area contributed by atoms with Crippen LogP contribution in [0.5, 0.6) is 5.75 Å². The number of rotatable bonds is 5. The normalized spacial score (nSPS) is 9.61. The van der Waals surface area contributed by atoms with Crippen LogP contribution in [0.4, 0.5) is 0 Å². The summed E-state index contributed by atoms with van der Waals surface area (Å²) in [5, 5.41) is 11.6. The average molecular weight is 249 g/mol. The van der Waals surface area contributed by atoms with Gasteiger partial charge in [-0.25, -0.2) is 4.79 Å². The Balaban J connectivity index is 2.32. The van der Waals surface area contributed by atoms with Gasteiger partial charge < -0.3 is 15.2 Å². The minimum atomic E-state index is -0.500. The van der Waals surface area contributed by atoms with Crippen LogP contribution in [0.15, 0.2) is 36.4 Å². The number of carbonyl (C=O) groups is 2. The highest BCUT2D eigenvalue weighted by Gasteiger charge is 2.07. The Kier molecular flexibility index (Phi) is 4.92. The van der Waals surface area contributed by atoms with Crippen molar-refractivity contribution in [1.29, 1.82) is 0 Å². The molecule has 96 valence electrons. The zero-order valence-electron chi connectivity index (χ0n) is 10.1. The Morgan fingerprint density at radius 1 is 1.33 bits per heavy atom. The lowest BCUT2D eigenvalue weighted by Crippen LogP contribution is -2.28. The highest BCUT2D eigenvalue weighted by Crippen LogP contribution is 2.10. The molecule has 0 saturated carbocycles. The van der Waals surface area contributed by atoms with Gasteiger partial charge in [0, 0.05) is 5.57 Å². The monoisotopic (exact) mass is 249 g/mol. The standard InChI is InChI=1S/C13H15NO4/c1-9(2)12(16)14-7-8-18-13(17)10-3-5-11(15)6-4-10/h3-6,15H,1,7-8H2,2H3,(H,14,16). The van der Waals surface area contributed by atoms with Crippen molar-refractivity contribution < 1.29 is 19.4 Å². The van der Waals surface area contributed by atoms with E-state index in [2.05, 4.69) is 11.9 Å². The van der Waals surface area contributed by atoms with Crippen LogP contribution >= 0.6 is 0 Å². The van der Waals surface area contributed by atoms with E-state index >= 15 is 0 Å². The quantitative estimate of drug-likeness (QED) is 0.467. The molecule has 0 saturated heterocycles. The van der Waals surface area contributed by atoms with Gasteiger partial charge in [-0.1, -0.05) is 6.58 Å². The minimum Gasteiger partial charge on any atom is -0.508 e. The summed E-state index contributed by atoms with van der Waals surface area (Å²) in [6.45, 7) is 5.39. The van der Waals surface area contributed by atoms with Gasteiger partial charge in [-0.15, -0.1) is 0 Å². The maximum absolute atomic E-state index is 11.5. The first-order valence-corrected chi connectivity index (χ1v) is 5.40. The Labute approximate surface area is 105 Å². The fourth-order valence-electron chi connectivity index (χ4n) is 1.14. The van der Waals surface area contributed by atoms with E-state index in [-0.39, 0.29) is 24.8 Å². The smallest absolute Gasteiger partial charge is 0.338 e. The van der Waals surface area contributed by atoms with Crippen LogP contribution in [0, 0.1) is 0 Å². The molecule has 0 aliphatic rings. The summed E-state index contributed by atoms with van der Waals surface area (Å²) in [5.74, 6) is -0.685. The van der Waals surface area contributed by atoms with Gasteiger partial charge >= 0.3 is 5.97 Å². The number of carbonyl (C=O) groups excluding carboxylic acids is 2. The summed E-state index contributed by atoms with van der Waals surface area (Å²) in [7, 11) is 0. The summed E-state index contributed by atoms with van der Waals surface area (Å²) >= 11 is 0. The third kappa shape index (κ3) is 4.29. The second kappa shape index (κ2) is 6.44. The topological polar surface area (TPSA) is 75.6 Å². The van der Waals surface area contributed by atoms with Gasteiger partial charge in [-0.05, 0) is 31.2 Å². The molecule has 1 aromatic carbocycles. The summed E-state index contributed by atoms with van der Waals surface area (Å²) in [4.78, 5) is 22.6. The summed E-state index contributed by atoms with van der Waals surface area (Å²) in [6.07, 6.45) is 0. The molecule has 0 spiro atoms. The van der Waals surface area contributed by atoms with E-state index in [4.69, 9.17) is 9.84 Å². The number of esters is 1. The molecule has 0 fully saturated rings. The second-order valence-corrected chi connectivity index (χ2v) is 3.72. The third-order valence-corrected chi connectivity index (χ3v) is 2.11. The molecule has 5 nitrogen and oxygen atoms in total. The van der Waals surface area contributed by atoms with Crippen LogP contribution in [-0.2, 0) is 9.53 Å². The van der Waals surface area contributed by atoms with Crippen LogP contribution in [0.3, 0.4) is 0 Å². The zero-order chi connectivity index (χ0) is 13.5. The van der Waals surface area contributed by atoms with E-state index in [1.54, 1.807) is 6.92 Å². The molecule has 5 heteroatoms. The van der Waals surface area contributed by atoms with Crippen LogP contribution in [0.1, 0.15) is 17.3 Å². The van der Waals surface area contributed by atoms with Crippen molar-refractivity contribution in [3.8, 4) is 5.75 Å². The van der Waals surface area contributed by atoms with Crippen LogP contribution in [0.25, 0.3) is 0 Å². The average Bonchev–Trinajstić information content (AvgIpc) is 2.34. The fraction of sp³-hybridized carbons (Fsp3) is 0.231. The van der Waals surface area contributed by atoms with E-state index < -0.39 is 5.97 Å². The predicted molar refractivity (Wildman–Crippen MR) is 66.2 cm³/mol. The molecule has 0 bridgehead atoms. The lowest BCUT2D eigenvalue weighted by atomic mass is 10.2. The van der Waals surface area contributed by atoms with Gasteiger partial charge in [0.1, 0.15) is 12.4 Å². The molecule has 18 heavy (non-hydrogen) atoms. The van der Waals surface area contributed by atoms with Crippen molar-refractivity contribution in [2.75, 3.05) is 13.2 Å². The van der Waals surface area contributed by atoms with Gasteiger partial charge in [0.2, 0.25) is 5.91 Å². The first-order chi connectivity index (χ1) is 8.50. The van der Waals surface area contributed by atoms with Crippen LogP contribution in [-0.4, -0.2) is 30.1 Å². The van der Waals surface area contributed by atoms with Gasteiger partial charge in [0.25, 0.3) is 0 Å². The Morgan fingerprint density at radius 3 is 2.50 bits per heavy atom. The molecule has 1 amide bonds. The molecule has 0 aromatic heterocycles. The number of hydrogen-bond acceptors (Lipinski definition) is 4. The molecule has 0 radical (unpaired) electrons. The lowest BCUT2D eigenvalue weighted by molar-refractivity contribution is -0.117. The van der Waals surface area contributed by atoms with Gasteiger partial charge in [-0.3, -0.25) is 4.79 Å². The number of hydrogen-bond donors (Lipinski definition) is 2. The number of benzene rings is 1. The van der Waals surface area contributed by atoms with E-state index in [0.29, 0.717) is 11.1 Å². The maximum Gasteiger partial charge on any atom is 0.338 e. The van der Waals surface area contributed by atoms with Crippen molar-refractivity contribution in [1.82, 2.24) is 5.32 Å². The molecule has 0 aliphatic carbocycles. The van der Waals surface area contributed by atoms with Crippen molar-refractivity contribution in [3.05, 3.63) is 42.0 Å². The first-order valence-electron chi connectivity index (χ1n) is 5.40. The number of nitrogens with one attached hydrogen (secondary N) is 1. The van der Waals surface area contributed by atoms with E-state index in [1.165, 1.54) is 24.3 Å². The largest absolute Gasteiger partial charge is 0.508 e. The molecular formula is C13H15NO4. The molecule has 2 N–H and O–H groups in total.